The fourth-order valence-corrected chi connectivity index (χ4v) is 3.90. The average Bonchev–Trinajstić information content (AvgIpc) is 2.81. The lowest BCUT2D eigenvalue weighted by atomic mass is 9.84. The Labute approximate surface area is 190 Å². The second-order valence-corrected chi connectivity index (χ2v) is 7.50. The molecule has 0 fully saturated rings. The maximum absolute atomic E-state index is 13.4. The fraction of sp³-hybridized carbons (Fsp3) is 0.115. The number of para-hydroxylation sites is 1. The van der Waals surface area contributed by atoms with Crippen LogP contribution >= 0.6 is 0 Å². The average molecular weight is 443 g/mol. The summed E-state index contributed by atoms with van der Waals surface area (Å²) in [5.74, 6) is -1.30. The Kier molecular flexibility index (Phi) is 5.70. The molecular formula is C26H21NO6. The van der Waals surface area contributed by atoms with Gasteiger partial charge in [-0.1, -0.05) is 24.3 Å². The van der Waals surface area contributed by atoms with Gasteiger partial charge in [-0.15, -0.1) is 0 Å². The summed E-state index contributed by atoms with van der Waals surface area (Å²) in [6, 6.07) is 14.7. The van der Waals surface area contributed by atoms with Crippen LogP contribution in [0.5, 0.6) is 11.5 Å². The van der Waals surface area contributed by atoms with Gasteiger partial charge in [-0.25, -0.2) is 4.79 Å². The third-order valence-corrected chi connectivity index (χ3v) is 5.39. The topological polar surface area (TPSA) is 102 Å². The molecule has 3 aromatic carbocycles. The Morgan fingerprint density at radius 3 is 2.42 bits per heavy atom. The third-order valence-electron chi connectivity index (χ3n) is 5.39. The number of ketones is 2. The molecule has 0 saturated heterocycles. The molecule has 0 unspecified atom stereocenters. The van der Waals surface area contributed by atoms with Crippen molar-refractivity contribution in [2.75, 3.05) is 19.5 Å². The normalized spacial score (nSPS) is 12.6. The second kappa shape index (κ2) is 8.63. The summed E-state index contributed by atoms with van der Waals surface area (Å²) in [6.45, 7) is 1.86. The number of esters is 1. The molecule has 7 heteroatoms. The molecule has 1 aliphatic rings. The van der Waals surface area contributed by atoms with Crippen LogP contribution in [0.4, 0.5) is 11.4 Å². The van der Waals surface area contributed by atoms with Gasteiger partial charge >= 0.3 is 5.97 Å². The Morgan fingerprint density at radius 1 is 0.939 bits per heavy atom. The van der Waals surface area contributed by atoms with Crippen LogP contribution in [-0.4, -0.2) is 36.9 Å². The number of ether oxygens (including phenoxy) is 2. The predicted octanol–water partition coefficient (Wildman–Crippen LogP) is 4.70. The van der Waals surface area contributed by atoms with Crippen LogP contribution in [0.2, 0.25) is 0 Å². The Hall–Kier alpha value is -4.39. The highest BCUT2D eigenvalue weighted by Crippen LogP contribution is 2.41. The number of nitrogens with one attached hydrogen (secondary N) is 1. The summed E-state index contributed by atoms with van der Waals surface area (Å²) in [7, 11) is 2.77. The number of rotatable bonds is 5. The Morgan fingerprint density at radius 2 is 1.70 bits per heavy atom. The molecule has 0 aliphatic heterocycles. The molecule has 0 heterocycles. The molecule has 2 N–H and O–H groups in total. The van der Waals surface area contributed by atoms with Gasteiger partial charge < -0.3 is 19.9 Å². The summed E-state index contributed by atoms with van der Waals surface area (Å²) >= 11 is 0. The van der Waals surface area contributed by atoms with E-state index in [1.807, 2.05) is 6.92 Å². The van der Waals surface area contributed by atoms with Gasteiger partial charge in [-0.3, -0.25) is 9.59 Å². The predicted molar refractivity (Wildman–Crippen MR) is 124 cm³/mol. The number of anilines is 2. The first-order valence-corrected chi connectivity index (χ1v) is 10.1. The molecule has 0 amide bonds. The molecule has 0 radical (unpaired) electrons. The number of aromatic hydroxyl groups is 1. The number of fused-ring (bicyclic) bond motifs is 1. The molecule has 0 aromatic heterocycles. The molecule has 1 aliphatic carbocycles. The van der Waals surface area contributed by atoms with E-state index in [4.69, 9.17) is 9.47 Å². The van der Waals surface area contributed by atoms with Crippen molar-refractivity contribution in [3.8, 4) is 11.5 Å². The molecule has 0 atom stereocenters. The van der Waals surface area contributed by atoms with E-state index in [1.54, 1.807) is 36.4 Å². The lowest BCUT2D eigenvalue weighted by molar-refractivity contribution is 0.0601. The van der Waals surface area contributed by atoms with Crippen molar-refractivity contribution in [3.05, 3.63) is 88.5 Å². The molecule has 3 aromatic rings. The van der Waals surface area contributed by atoms with Crippen molar-refractivity contribution < 1.29 is 29.0 Å². The van der Waals surface area contributed by atoms with Crippen LogP contribution in [-0.2, 0) is 4.74 Å². The maximum atomic E-state index is 13.4. The van der Waals surface area contributed by atoms with E-state index < -0.39 is 17.5 Å². The first kappa shape index (κ1) is 21.8. The number of allylic oxidation sites excluding steroid dienone is 2. The zero-order chi connectivity index (χ0) is 23.7. The number of carbonyl (C=O) groups excluding carboxylic acids is 3. The summed E-state index contributed by atoms with van der Waals surface area (Å²) in [6.07, 6.45) is 1.20. The zero-order valence-electron chi connectivity index (χ0n) is 18.3. The summed E-state index contributed by atoms with van der Waals surface area (Å²) < 4.78 is 10.4. The monoisotopic (exact) mass is 443 g/mol. The quantitative estimate of drug-likeness (QED) is 0.551. The number of phenols is 1. The number of methoxy groups -OCH3 is 2. The minimum atomic E-state index is -0.521. The van der Waals surface area contributed by atoms with E-state index in [9.17, 15) is 19.5 Å². The molecule has 166 valence electrons. The highest BCUT2D eigenvalue weighted by Gasteiger charge is 2.31. The minimum absolute atomic E-state index is 0.0251. The molecule has 33 heavy (non-hydrogen) atoms. The molecule has 7 nitrogen and oxygen atoms in total. The van der Waals surface area contributed by atoms with Gasteiger partial charge in [0, 0.05) is 11.1 Å². The van der Waals surface area contributed by atoms with Crippen LogP contribution in [0.15, 0.2) is 60.7 Å². The van der Waals surface area contributed by atoms with Crippen molar-refractivity contribution in [1.82, 2.24) is 0 Å². The van der Waals surface area contributed by atoms with Crippen LogP contribution in [0, 0.1) is 6.92 Å². The first-order chi connectivity index (χ1) is 15.8. The van der Waals surface area contributed by atoms with Gasteiger partial charge in [0.15, 0.2) is 11.6 Å². The maximum Gasteiger partial charge on any atom is 0.339 e. The van der Waals surface area contributed by atoms with Gasteiger partial charge in [0.05, 0.1) is 42.3 Å². The highest BCUT2D eigenvalue weighted by molar-refractivity contribution is 6.40. The van der Waals surface area contributed by atoms with Crippen molar-refractivity contribution in [3.63, 3.8) is 0 Å². The molecule has 4 rings (SSSR count). The molecular weight excluding hydrogens is 422 g/mol. The number of carbonyl (C=O) groups is 3. The number of Topliss-reactive ketones (excluding diaryl/α,β-unsaturated/α-hetero) is 1. The summed E-state index contributed by atoms with van der Waals surface area (Å²) in [5, 5.41) is 13.3. The summed E-state index contributed by atoms with van der Waals surface area (Å²) in [5.41, 5.74) is 2.65. The van der Waals surface area contributed by atoms with E-state index in [2.05, 4.69) is 5.32 Å². The van der Waals surface area contributed by atoms with Crippen LogP contribution < -0.4 is 10.1 Å². The first-order valence-electron chi connectivity index (χ1n) is 10.1. The Bertz CT molecular complexity index is 1340. The van der Waals surface area contributed by atoms with E-state index in [0.29, 0.717) is 28.3 Å². The van der Waals surface area contributed by atoms with E-state index in [1.165, 1.54) is 38.5 Å². The van der Waals surface area contributed by atoms with Crippen LogP contribution in [0.3, 0.4) is 0 Å². The standard InChI is InChI=1S/C26H21NO6/c1-14-11-19(27-18-9-5-4-7-15(18)26(31)33-3)23(22(12-14)32-2)17-13-21(29)24-16(25(17)30)8-6-10-20(24)28/h4-13,27-28H,1-3H3. The largest absolute Gasteiger partial charge is 0.507 e. The number of phenolic OH excluding ortho intramolecular Hbond substituents is 1. The van der Waals surface area contributed by atoms with Gasteiger partial charge in [-0.2, -0.15) is 0 Å². The Balaban J connectivity index is 1.90. The number of benzene rings is 3. The molecule has 0 saturated carbocycles. The molecule has 0 spiro atoms. The lowest BCUT2D eigenvalue weighted by Gasteiger charge is -2.22. The van der Waals surface area contributed by atoms with Gasteiger partial charge in [-0.05, 0) is 48.9 Å². The smallest absolute Gasteiger partial charge is 0.339 e. The van der Waals surface area contributed by atoms with E-state index >= 15 is 0 Å². The van der Waals surface area contributed by atoms with Crippen molar-refractivity contribution in [1.29, 1.82) is 0 Å². The van der Waals surface area contributed by atoms with Crippen molar-refractivity contribution >= 4 is 34.5 Å². The van der Waals surface area contributed by atoms with E-state index in [-0.39, 0.29) is 22.4 Å². The SMILES string of the molecule is COC(=O)c1ccccc1Nc1cc(C)cc(OC)c1C1=CC(=O)c2c(O)cccc2C1=O. The van der Waals surface area contributed by atoms with Crippen LogP contribution in [0.1, 0.15) is 42.2 Å². The van der Waals surface area contributed by atoms with Crippen LogP contribution in [0.25, 0.3) is 5.57 Å². The minimum Gasteiger partial charge on any atom is -0.507 e. The van der Waals surface area contributed by atoms with Gasteiger partial charge in [0.1, 0.15) is 11.5 Å². The van der Waals surface area contributed by atoms with Gasteiger partial charge in [0.25, 0.3) is 0 Å². The fourth-order valence-electron chi connectivity index (χ4n) is 3.90. The van der Waals surface area contributed by atoms with E-state index in [0.717, 1.165) is 5.56 Å². The molecule has 0 bridgehead atoms. The lowest BCUT2D eigenvalue weighted by Crippen LogP contribution is -2.18. The van der Waals surface area contributed by atoms with Crippen molar-refractivity contribution in [2.24, 2.45) is 0 Å². The third kappa shape index (κ3) is 3.85. The number of aryl methyl sites for hydroxylation is 1. The summed E-state index contributed by atoms with van der Waals surface area (Å²) in [4.78, 5) is 38.5. The number of hydrogen-bond acceptors (Lipinski definition) is 7. The van der Waals surface area contributed by atoms with Gasteiger partial charge in [0.2, 0.25) is 0 Å². The highest BCUT2D eigenvalue weighted by atomic mass is 16.5. The second-order valence-electron chi connectivity index (χ2n) is 7.50. The number of hydrogen-bond donors (Lipinski definition) is 2. The van der Waals surface area contributed by atoms with Crippen molar-refractivity contribution in [2.45, 2.75) is 6.92 Å². The zero-order valence-corrected chi connectivity index (χ0v) is 18.3.